The average molecular weight is 246 g/mol. The van der Waals surface area contributed by atoms with Crippen LogP contribution in [0.1, 0.15) is 6.92 Å². The van der Waals surface area contributed by atoms with Gasteiger partial charge in [-0.15, -0.1) is 0 Å². The molecule has 0 aromatic heterocycles. The zero-order valence-corrected chi connectivity index (χ0v) is 6.90. The lowest BCUT2D eigenvalue weighted by Gasteiger charge is -2.25. The zero-order valence-electron chi connectivity index (χ0n) is 6.90. The SMILES string of the molecule is CC(F)(F)C(F)(F)C(=C(F)F)C(F)(F)F. The van der Waals surface area contributed by atoms with E-state index in [2.05, 4.69) is 0 Å². The van der Waals surface area contributed by atoms with Gasteiger partial charge in [-0.05, 0) is 0 Å². The summed E-state index contributed by atoms with van der Waals surface area (Å²) in [4.78, 5) is 0. The molecule has 9 heteroatoms. The van der Waals surface area contributed by atoms with Crippen LogP contribution >= 0.6 is 0 Å². The van der Waals surface area contributed by atoms with E-state index >= 15 is 0 Å². The topological polar surface area (TPSA) is 0 Å². The summed E-state index contributed by atoms with van der Waals surface area (Å²) in [7, 11) is 0. The Morgan fingerprint density at radius 2 is 1.13 bits per heavy atom. The first-order chi connectivity index (χ1) is 6.32. The van der Waals surface area contributed by atoms with E-state index in [0.29, 0.717) is 0 Å². The Morgan fingerprint density at radius 3 is 1.20 bits per heavy atom. The lowest BCUT2D eigenvalue weighted by molar-refractivity contribution is -0.213. The van der Waals surface area contributed by atoms with E-state index in [4.69, 9.17) is 0 Å². The summed E-state index contributed by atoms with van der Waals surface area (Å²) in [6, 6.07) is 0. The highest BCUT2D eigenvalue weighted by Gasteiger charge is 2.64. The number of allylic oxidation sites excluding steroid dienone is 1. The maximum atomic E-state index is 12.3. The molecule has 0 rings (SSSR count). The van der Waals surface area contributed by atoms with E-state index in [0.717, 1.165) is 0 Å². The van der Waals surface area contributed by atoms with Gasteiger partial charge >= 0.3 is 18.0 Å². The van der Waals surface area contributed by atoms with E-state index in [-0.39, 0.29) is 0 Å². The fourth-order valence-electron chi connectivity index (χ4n) is 0.623. The van der Waals surface area contributed by atoms with E-state index in [9.17, 15) is 39.5 Å². The van der Waals surface area contributed by atoms with Crippen molar-refractivity contribution in [3.63, 3.8) is 0 Å². The third-order valence-corrected chi connectivity index (χ3v) is 1.34. The van der Waals surface area contributed by atoms with Crippen molar-refractivity contribution in [2.24, 2.45) is 0 Å². The van der Waals surface area contributed by atoms with Crippen LogP contribution in [-0.4, -0.2) is 18.0 Å². The van der Waals surface area contributed by atoms with Crippen molar-refractivity contribution in [3.05, 3.63) is 11.7 Å². The molecular weight excluding hydrogens is 243 g/mol. The highest BCUT2D eigenvalue weighted by molar-refractivity contribution is 5.22. The van der Waals surface area contributed by atoms with E-state index in [1.807, 2.05) is 0 Å². The molecule has 0 aliphatic carbocycles. The molecule has 0 unspecified atom stereocenters. The number of rotatable bonds is 2. The summed E-state index contributed by atoms with van der Waals surface area (Å²) in [5, 5.41) is 0. The first-order valence-electron chi connectivity index (χ1n) is 3.20. The quantitative estimate of drug-likeness (QED) is 0.646. The van der Waals surface area contributed by atoms with Crippen molar-refractivity contribution in [3.8, 4) is 0 Å². The minimum Gasteiger partial charge on any atom is -0.200 e. The van der Waals surface area contributed by atoms with Crippen LogP contribution in [0.4, 0.5) is 39.5 Å². The highest BCUT2D eigenvalue weighted by atomic mass is 19.4. The first-order valence-corrected chi connectivity index (χ1v) is 3.20. The second-order valence-electron chi connectivity index (χ2n) is 2.60. The predicted molar refractivity (Wildman–Crippen MR) is 30.9 cm³/mol. The zero-order chi connectivity index (χ0) is 12.7. The summed E-state index contributed by atoms with van der Waals surface area (Å²) < 4.78 is 107. The number of alkyl halides is 7. The molecule has 0 heterocycles. The van der Waals surface area contributed by atoms with Gasteiger partial charge in [0.25, 0.3) is 6.08 Å². The fraction of sp³-hybridized carbons (Fsp3) is 0.667. The van der Waals surface area contributed by atoms with Crippen molar-refractivity contribution in [1.29, 1.82) is 0 Å². The summed E-state index contributed by atoms with van der Waals surface area (Å²) in [5.74, 6) is -11.2. The smallest absolute Gasteiger partial charge is 0.200 e. The molecule has 0 nitrogen and oxygen atoms in total. The van der Waals surface area contributed by atoms with Crippen molar-refractivity contribution < 1.29 is 39.5 Å². The Morgan fingerprint density at radius 1 is 0.800 bits per heavy atom. The second-order valence-corrected chi connectivity index (χ2v) is 2.60. The van der Waals surface area contributed by atoms with Crippen LogP contribution in [0.3, 0.4) is 0 Å². The molecule has 0 radical (unpaired) electrons. The summed E-state index contributed by atoms with van der Waals surface area (Å²) in [6.07, 6.45) is -10.1. The van der Waals surface area contributed by atoms with Crippen LogP contribution in [0.5, 0.6) is 0 Å². The molecular formula is C6H3F9. The first kappa shape index (κ1) is 14.1. The largest absolute Gasteiger partial charge is 0.423 e. The lowest BCUT2D eigenvalue weighted by atomic mass is 10.0. The van der Waals surface area contributed by atoms with E-state index in [1.165, 1.54) is 0 Å². The van der Waals surface area contributed by atoms with Crippen molar-refractivity contribution >= 4 is 0 Å². The molecule has 0 atom stereocenters. The van der Waals surface area contributed by atoms with Gasteiger partial charge in [0.05, 0.1) is 0 Å². The summed E-state index contributed by atoms with van der Waals surface area (Å²) in [6.45, 7) is -0.582. The van der Waals surface area contributed by atoms with Gasteiger partial charge in [0, 0.05) is 6.92 Å². The maximum Gasteiger partial charge on any atom is 0.423 e. The van der Waals surface area contributed by atoms with Crippen molar-refractivity contribution in [1.82, 2.24) is 0 Å². The van der Waals surface area contributed by atoms with Crippen LogP contribution < -0.4 is 0 Å². The minimum atomic E-state index is -6.22. The number of hydrogen-bond acceptors (Lipinski definition) is 0. The summed E-state index contributed by atoms with van der Waals surface area (Å²) in [5.41, 5.74) is -3.82. The molecule has 0 saturated heterocycles. The molecule has 0 N–H and O–H groups in total. The van der Waals surface area contributed by atoms with Gasteiger partial charge in [-0.3, -0.25) is 0 Å². The highest BCUT2D eigenvalue weighted by Crippen LogP contribution is 2.48. The average Bonchev–Trinajstić information content (AvgIpc) is 1.76. The molecule has 0 aliphatic heterocycles. The Kier molecular flexibility index (Phi) is 3.39. The fourth-order valence-corrected chi connectivity index (χ4v) is 0.623. The third-order valence-electron chi connectivity index (χ3n) is 1.34. The third kappa shape index (κ3) is 2.78. The van der Waals surface area contributed by atoms with Crippen LogP contribution in [-0.2, 0) is 0 Å². The lowest BCUT2D eigenvalue weighted by Crippen LogP contribution is -2.44. The van der Waals surface area contributed by atoms with Crippen LogP contribution in [0.25, 0.3) is 0 Å². The molecule has 0 aliphatic rings. The molecule has 0 fully saturated rings. The molecule has 0 amide bonds. The maximum absolute atomic E-state index is 12.3. The molecule has 0 aromatic carbocycles. The molecule has 0 saturated carbocycles. The Bertz CT molecular complexity index is 261. The van der Waals surface area contributed by atoms with Crippen molar-refractivity contribution in [2.75, 3.05) is 0 Å². The molecule has 0 bridgehead atoms. The van der Waals surface area contributed by atoms with Gasteiger partial charge in [-0.1, -0.05) is 0 Å². The monoisotopic (exact) mass is 246 g/mol. The van der Waals surface area contributed by atoms with Gasteiger partial charge in [0.15, 0.2) is 5.57 Å². The number of hydrogen-bond donors (Lipinski definition) is 0. The van der Waals surface area contributed by atoms with Crippen molar-refractivity contribution in [2.45, 2.75) is 24.9 Å². The van der Waals surface area contributed by atoms with Crippen LogP contribution in [0, 0.1) is 0 Å². The van der Waals surface area contributed by atoms with Gasteiger partial charge in [0.2, 0.25) is 0 Å². The Balaban J connectivity index is 5.63. The predicted octanol–water partition coefficient (Wildman–Crippen LogP) is 3.99. The molecule has 15 heavy (non-hydrogen) atoms. The minimum absolute atomic E-state index is 0.582. The molecule has 0 aromatic rings. The van der Waals surface area contributed by atoms with E-state index in [1.54, 1.807) is 0 Å². The molecule has 90 valence electrons. The summed E-state index contributed by atoms with van der Waals surface area (Å²) >= 11 is 0. The van der Waals surface area contributed by atoms with Crippen LogP contribution in [0.15, 0.2) is 11.7 Å². The van der Waals surface area contributed by atoms with Gasteiger partial charge in [0.1, 0.15) is 0 Å². The Hall–Kier alpha value is -0.890. The normalized spacial score (nSPS) is 14.0. The number of halogens is 9. The van der Waals surface area contributed by atoms with Gasteiger partial charge in [-0.25, -0.2) is 0 Å². The Labute approximate surface area is 77.4 Å². The molecule has 0 spiro atoms. The van der Waals surface area contributed by atoms with Gasteiger partial charge < -0.3 is 0 Å². The van der Waals surface area contributed by atoms with E-state index < -0.39 is 36.6 Å². The van der Waals surface area contributed by atoms with Gasteiger partial charge in [-0.2, -0.15) is 39.5 Å². The standard InChI is InChI=1S/C6H3F9/c1-4(9,10)5(11,12)2(3(7)8)6(13,14)15/h1H3. The van der Waals surface area contributed by atoms with Crippen LogP contribution in [0.2, 0.25) is 0 Å². The second kappa shape index (κ2) is 3.60.